The lowest BCUT2D eigenvalue weighted by molar-refractivity contribution is 0.103. The number of ketones is 1. The van der Waals surface area contributed by atoms with E-state index in [0.29, 0.717) is 5.01 Å². The molecule has 0 amide bonds. The van der Waals surface area contributed by atoms with Gasteiger partial charge >= 0.3 is 0 Å². The first-order valence-electron chi connectivity index (χ1n) is 5.62. The predicted molar refractivity (Wildman–Crippen MR) is 69.2 cm³/mol. The molecule has 0 aliphatic heterocycles. The second-order valence-electron chi connectivity index (χ2n) is 4.25. The lowest BCUT2D eigenvalue weighted by Gasteiger charge is -2.03. The number of nitrogens with two attached hydrogens (primary N) is 1. The molecule has 0 aliphatic rings. The minimum absolute atomic E-state index is 0.0828. The summed E-state index contributed by atoms with van der Waals surface area (Å²) < 4.78 is 27.2. The average molecular weight is 282 g/mol. The van der Waals surface area contributed by atoms with Crippen LogP contribution in [0.15, 0.2) is 17.5 Å². The zero-order chi connectivity index (χ0) is 14.2. The third-order valence-electron chi connectivity index (χ3n) is 2.66. The van der Waals surface area contributed by atoms with Gasteiger partial charge in [-0.3, -0.25) is 4.79 Å². The van der Waals surface area contributed by atoms with Crippen molar-refractivity contribution in [3.63, 3.8) is 0 Å². The molecule has 19 heavy (non-hydrogen) atoms. The summed E-state index contributed by atoms with van der Waals surface area (Å²) in [4.78, 5) is 16.1. The molecule has 3 nitrogen and oxygen atoms in total. The highest BCUT2D eigenvalue weighted by atomic mass is 32.1. The van der Waals surface area contributed by atoms with E-state index < -0.39 is 17.4 Å². The maximum atomic E-state index is 13.7. The first kappa shape index (κ1) is 13.8. The van der Waals surface area contributed by atoms with Gasteiger partial charge in [0.1, 0.15) is 10.7 Å². The number of aromatic nitrogens is 1. The standard InChI is InChI=1S/C13H12F2N2OS/c1-6-3-4-8(11(15)10(6)14)12(18)9-5-19-13(17-9)7(2)16/h3-5,7H,16H2,1-2H3. The number of nitrogens with zero attached hydrogens (tertiary/aromatic N) is 1. The van der Waals surface area contributed by atoms with Gasteiger partial charge in [0, 0.05) is 5.38 Å². The minimum Gasteiger partial charge on any atom is -0.322 e. The van der Waals surface area contributed by atoms with Crippen LogP contribution in [-0.4, -0.2) is 10.8 Å². The van der Waals surface area contributed by atoms with Crippen LogP contribution in [-0.2, 0) is 0 Å². The normalized spacial score (nSPS) is 12.5. The molecule has 1 aromatic heterocycles. The van der Waals surface area contributed by atoms with Crippen LogP contribution in [0, 0.1) is 18.6 Å². The van der Waals surface area contributed by atoms with E-state index in [1.54, 1.807) is 6.92 Å². The Balaban J connectivity index is 2.41. The van der Waals surface area contributed by atoms with Gasteiger partial charge in [0.05, 0.1) is 11.6 Å². The fourth-order valence-corrected chi connectivity index (χ4v) is 2.32. The molecule has 1 heterocycles. The van der Waals surface area contributed by atoms with Crippen LogP contribution >= 0.6 is 11.3 Å². The Kier molecular flexibility index (Phi) is 3.73. The number of carbonyl (C=O) groups is 1. The van der Waals surface area contributed by atoms with E-state index in [1.807, 2.05) is 0 Å². The molecule has 1 unspecified atom stereocenters. The summed E-state index contributed by atoms with van der Waals surface area (Å²) in [5.74, 6) is -2.78. The molecule has 2 rings (SSSR count). The number of thiazole rings is 1. The Labute approximate surface area is 113 Å². The van der Waals surface area contributed by atoms with Crippen molar-refractivity contribution in [2.75, 3.05) is 0 Å². The Bertz CT molecular complexity index is 638. The first-order chi connectivity index (χ1) is 8.91. The molecule has 2 aromatic rings. The molecule has 0 spiro atoms. The molecular formula is C13H12F2N2OS. The van der Waals surface area contributed by atoms with Crippen molar-refractivity contribution in [1.82, 2.24) is 4.98 Å². The topological polar surface area (TPSA) is 56.0 Å². The summed E-state index contributed by atoms with van der Waals surface area (Å²) in [6.07, 6.45) is 0. The van der Waals surface area contributed by atoms with Crippen LogP contribution in [0.3, 0.4) is 0 Å². The average Bonchev–Trinajstić information content (AvgIpc) is 2.85. The summed E-state index contributed by atoms with van der Waals surface area (Å²) in [7, 11) is 0. The molecule has 0 saturated carbocycles. The van der Waals surface area contributed by atoms with E-state index >= 15 is 0 Å². The van der Waals surface area contributed by atoms with E-state index in [-0.39, 0.29) is 22.9 Å². The van der Waals surface area contributed by atoms with Crippen molar-refractivity contribution < 1.29 is 13.6 Å². The molecule has 0 fully saturated rings. The zero-order valence-electron chi connectivity index (χ0n) is 10.4. The number of benzene rings is 1. The van der Waals surface area contributed by atoms with Crippen molar-refractivity contribution in [2.45, 2.75) is 19.9 Å². The number of hydrogen-bond donors (Lipinski definition) is 1. The van der Waals surface area contributed by atoms with Gasteiger partial charge in [0.25, 0.3) is 0 Å². The van der Waals surface area contributed by atoms with Gasteiger partial charge in [-0.1, -0.05) is 6.07 Å². The van der Waals surface area contributed by atoms with Gasteiger partial charge in [0.2, 0.25) is 5.78 Å². The van der Waals surface area contributed by atoms with Crippen LogP contribution in [0.2, 0.25) is 0 Å². The molecule has 0 radical (unpaired) electrons. The van der Waals surface area contributed by atoms with Crippen LogP contribution < -0.4 is 5.73 Å². The van der Waals surface area contributed by atoms with Gasteiger partial charge in [-0.05, 0) is 25.5 Å². The van der Waals surface area contributed by atoms with Crippen LogP contribution in [0.25, 0.3) is 0 Å². The van der Waals surface area contributed by atoms with Gasteiger partial charge in [0.15, 0.2) is 11.6 Å². The second-order valence-corrected chi connectivity index (χ2v) is 5.14. The van der Waals surface area contributed by atoms with Crippen molar-refractivity contribution in [3.05, 3.63) is 51.0 Å². The first-order valence-corrected chi connectivity index (χ1v) is 6.50. The number of hydrogen-bond acceptors (Lipinski definition) is 4. The molecule has 1 aromatic carbocycles. The molecule has 0 aliphatic carbocycles. The monoisotopic (exact) mass is 282 g/mol. The molecule has 100 valence electrons. The highest BCUT2D eigenvalue weighted by Crippen LogP contribution is 2.21. The van der Waals surface area contributed by atoms with Crippen molar-refractivity contribution >= 4 is 17.1 Å². The molecule has 2 N–H and O–H groups in total. The van der Waals surface area contributed by atoms with Gasteiger partial charge in [-0.25, -0.2) is 13.8 Å². The lowest BCUT2D eigenvalue weighted by atomic mass is 10.1. The largest absolute Gasteiger partial charge is 0.322 e. The van der Waals surface area contributed by atoms with E-state index in [9.17, 15) is 13.6 Å². The Morgan fingerprint density at radius 1 is 1.37 bits per heavy atom. The smallest absolute Gasteiger partial charge is 0.215 e. The van der Waals surface area contributed by atoms with Crippen molar-refractivity contribution in [1.29, 1.82) is 0 Å². The maximum absolute atomic E-state index is 13.7. The van der Waals surface area contributed by atoms with Crippen molar-refractivity contribution in [2.24, 2.45) is 5.73 Å². The van der Waals surface area contributed by atoms with E-state index in [4.69, 9.17) is 5.73 Å². The summed E-state index contributed by atoms with van der Waals surface area (Å²) in [6.45, 7) is 3.17. The predicted octanol–water partition coefficient (Wildman–Crippen LogP) is 2.98. The van der Waals surface area contributed by atoms with Crippen LogP contribution in [0.4, 0.5) is 8.78 Å². The van der Waals surface area contributed by atoms with Crippen LogP contribution in [0.1, 0.15) is 39.6 Å². The van der Waals surface area contributed by atoms with E-state index in [1.165, 1.54) is 35.8 Å². The Morgan fingerprint density at radius 3 is 2.63 bits per heavy atom. The van der Waals surface area contributed by atoms with Crippen LogP contribution in [0.5, 0.6) is 0 Å². The number of aryl methyl sites for hydroxylation is 1. The summed E-state index contributed by atoms with van der Waals surface area (Å²) >= 11 is 1.22. The van der Waals surface area contributed by atoms with Gasteiger partial charge in [-0.2, -0.15) is 0 Å². The van der Waals surface area contributed by atoms with Crippen molar-refractivity contribution in [3.8, 4) is 0 Å². The SMILES string of the molecule is Cc1ccc(C(=O)c2csc(C(C)N)n2)c(F)c1F. The third-order valence-corrected chi connectivity index (χ3v) is 3.71. The number of carbonyl (C=O) groups excluding carboxylic acids is 1. The lowest BCUT2D eigenvalue weighted by Crippen LogP contribution is -2.09. The molecule has 0 bridgehead atoms. The van der Waals surface area contributed by atoms with Gasteiger partial charge < -0.3 is 5.73 Å². The molecule has 6 heteroatoms. The third kappa shape index (κ3) is 2.54. The number of halogens is 2. The van der Waals surface area contributed by atoms with E-state index in [2.05, 4.69) is 4.98 Å². The summed E-state index contributed by atoms with van der Waals surface area (Å²) in [5.41, 5.74) is 5.57. The molecule has 1 atom stereocenters. The van der Waals surface area contributed by atoms with E-state index in [0.717, 1.165) is 0 Å². The minimum atomic E-state index is -1.14. The summed E-state index contributed by atoms with van der Waals surface area (Å²) in [6, 6.07) is 2.33. The van der Waals surface area contributed by atoms with Gasteiger partial charge in [-0.15, -0.1) is 11.3 Å². The molecule has 0 saturated heterocycles. The molecular weight excluding hydrogens is 270 g/mol. The second kappa shape index (κ2) is 5.14. The maximum Gasteiger partial charge on any atom is 0.215 e. The quantitative estimate of drug-likeness (QED) is 0.880. The Morgan fingerprint density at radius 2 is 2.05 bits per heavy atom. The fraction of sp³-hybridized carbons (Fsp3) is 0.231. The number of rotatable bonds is 3. The summed E-state index contributed by atoms with van der Waals surface area (Å²) in [5, 5.41) is 2.08. The highest BCUT2D eigenvalue weighted by molar-refractivity contribution is 7.09. The Hall–Kier alpha value is -1.66. The fourth-order valence-electron chi connectivity index (χ4n) is 1.56. The zero-order valence-corrected chi connectivity index (χ0v) is 11.2. The highest BCUT2D eigenvalue weighted by Gasteiger charge is 2.21.